The Balaban J connectivity index is 2.22. The van der Waals surface area contributed by atoms with Crippen molar-refractivity contribution < 1.29 is 9.53 Å². The average Bonchev–Trinajstić information content (AvgIpc) is 2.79. The Morgan fingerprint density at radius 1 is 1.44 bits per heavy atom. The molecule has 0 aromatic heterocycles. The van der Waals surface area contributed by atoms with E-state index in [-0.39, 0.29) is 18.2 Å². The van der Waals surface area contributed by atoms with Crippen molar-refractivity contribution in [2.24, 2.45) is 5.73 Å². The number of nitrogens with two attached hydrogens (primary N) is 1. The second-order valence-electron chi connectivity index (χ2n) is 4.59. The molecule has 4 nitrogen and oxygen atoms in total. The summed E-state index contributed by atoms with van der Waals surface area (Å²) in [4.78, 5) is 13.7. The molecule has 2 atom stereocenters. The smallest absolute Gasteiger partial charge is 0.410 e. The molecule has 18 heavy (non-hydrogen) atoms. The van der Waals surface area contributed by atoms with Crippen LogP contribution in [0.25, 0.3) is 0 Å². The lowest BCUT2D eigenvalue weighted by Crippen LogP contribution is -2.42. The van der Waals surface area contributed by atoms with Crippen molar-refractivity contribution in [2.45, 2.75) is 31.8 Å². The van der Waals surface area contributed by atoms with Gasteiger partial charge in [0, 0.05) is 12.6 Å². The van der Waals surface area contributed by atoms with Gasteiger partial charge in [0.1, 0.15) is 6.61 Å². The molecule has 1 aromatic rings. The summed E-state index contributed by atoms with van der Waals surface area (Å²) >= 11 is 0. The average molecular weight is 248 g/mol. The first-order valence-corrected chi connectivity index (χ1v) is 6.48. The molecule has 0 unspecified atom stereocenters. The molecule has 0 aliphatic carbocycles. The SMILES string of the molecule is CCC[C@H](CN)N1C(=O)OC[C@H]1c1ccccc1. The van der Waals surface area contributed by atoms with Crippen LogP contribution in [-0.4, -0.2) is 30.2 Å². The predicted octanol–water partition coefficient (Wildman–Crippen LogP) is 2.31. The minimum absolute atomic E-state index is 0.00111. The summed E-state index contributed by atoms with van der Waals surface area (Å²) in [5.41, 5.74) is 6.90. The van der Waals surface area contributed by atoms with Gasteiger partial charge in [-0.2, -0.15) is 0 Å². The van der Waals surface area contributed by atoms with Gasteiger partial charge in [-0.25, -0.2) is 4.79 Å². The summed E-state index contributed by atoms with van der Waals surface area (Å²) in [5.74, 6) is 0. The van der Waals surface area contributed by atoms with E-state index in [4.69, 9.17) is 10.5 Å². The molecule has 1 saturated heterocycles. The van der Waals surface area contributed by atoms with Crippen molar-refractivity contribution in [3.8, 4) is 0 Å². The van der Waals surface area contributed by atoms with E-state index in [9.17, 15) is 4.79 Å². The zero-order chi connectivity index (χ0) is 13.0. The Morgan fingerprint density at radius 2 is 2.17 bits per heavy atom. The molecule has 1 heterocycles. The van der Waals surface area contributed by atoms with Gasteiger partial charge in [-0.3, -0.25) is 4.90 Å². The molecule has 1 aliphatic heterocycles. The van der Waals surface area contributed by atoms with Gasteiger partial charge in [0.05, 0.1) is 6.04 Å². The van der Waals surface area contributed by atoms with Crippen LogP contribution in [0.5, 0.6) is 0 Å². The quantitative estimate of drug-likeness (QED) is 0.870. The van der Waals surface area contributed by atoms with Crippen LogP contribution in [0.1, 0.15) is 31.4 Å². The van der Waals surface area contributed by atoms with Crippen LogP contribution in [0.2, 0.25) is 0 Å². The largest absolute Gasteiger partial charge is 0.447 e. The van der Waals surface area contributed by atoms with Crippen molar-refractivity contribution in [1.29, 1.82) is 0 Å². The first-order chi connectivity index (χ1) is 8.77. The Bertz CT molecular complexity index is 394. The third-order valence-electron chi connectivity index (χ3n) is 3.38. The van der Waals surface area contributed by atoms with Gasteiger partial charge >= 0.3 is 6.09 Å². The molecular weight excluding hydrogens is 228 g/mol. The number of carbonyl (C=O) groups is 1. The summed E-state index contributed by atoms with van der Waals surface area (Å²) in [5, 5.41) is 0. The standard InChI is InChI=1S/C14H20N2O2/c1-2-6-12(9-15)16-13(10-18-14(16)17)11-7-4-3-5-8-11/h3-5,7-8,12-13H,2,6,9-10,15H2,1H3/t12-,13+/m1/s1. The van der Waals surface area contributed by atoms with Crippen LogP contribution < -0.4 is 5.73 Å². The van der Waals surface area contributed by atoms with Crippen LogP contribution in [-0.2, 0) is 4.74 Å². The van der Waals surface area contributed by atoms with E-state index in [1.807, 2.05) is 30.3 Å². The first-order valence-electron chi connectivity index (χ1n) is 6.48. The minimum Gasteiger partial charge on any atom is -0.447 e. The molecule has 1 amide bonds. The van der Waals surface area contributed by atoms with Gasteiger partial charge < -0.3 is 10.5 Å². The fraction of sp³-hybridized carbons (Fsp3) is 0.500. The zero-order valence-corrected chi connectivity index (χ0v) is 10.7. The Morgan fingerprint density at radius 3 is 2.78 bits per heavy atom. The Hall–Kier alpha value is -1.55. The van der Waals surface area contributed by atoms with Gasteiger partial charge in [0.15, 0.2) is 0 Å². The van der Waals surface area contributed by atoms with Crippen molar-refractivity contribution in [3.63, 3.8) is 0 Å². The number of benzene rings is 1. The topological polar surface area (TPSA) is 55.6 Å². The van der Waals surface area contributed by atoms with E-state index in [1.165, 1.54) is 0 Å². The number of amides is 1. The second-order valence-corrected chi connectivity index (χ2v) is 4.59. The Labute approximate surface area is 108 Å². The zero-order valence-electron chi connectivity index (χ0n) is 10.7. The van der Waals surface area contributed by atoms with Crippen LogP contribution in [0, 0.1) is 0 Å². The fourth-order valence-corrected chi connectivity index (χ4v) is 2.47. The summed E-state index contributed by atoms with van der Waals surface area (Å²) in [7, 11) is 0. The predicted molar refractivity (Wildman–Crippen MR) is 70.1 cm³/mol. The van der Waals surface area contributed by atoms with Gasteiger partial charge in [-0.1, -0.05) is 43.7 Å². The van der Waals surface area contributed by atoms with Gasteiger partial charge in [-0.15, -0.1) is 0 Å². The summed E-state index contributed by atoms with van der Waals surface area (Å²) in [6, 6.07) is 10.0. The van der Waals surface area contributed by atoms with E-state index in [0.29, 0.717) is 13.2 Å². The highest BCUT2D eigenvalue weighted by Crippen LogP contribution is 2.30. The van der Waals surface area contributed by atoms with E-state index in [1.54, 1.807) is 4.90 Å². The maximum absolute atomic E-state index is 11.9. The molecule has 0 radical (unpaired) electrons. The first kappa shape index (κ1) is 12.9. The molecular formula is C14H20N2O2. The van der Waals surface area contributed by atoms with Crippen molar-refractivity contribution >= 4 is 6.09 Å². The maximum atomic E-state index is 11.9. The number of carbonyl (C=O) groups excluding carboxylic acids is 1. The highest BCUT2D eigenvalue weighted by Gasteiger charge is 2.37. The van der Waals surface area contributed by atoms with E-state index < -0.39 is 0 Å². The van der Waals surface area contributed by atoms with Gasteiger partial charge in [0.2, 0.25) is 0 Å². The minimum atomic E-state index is -0.243. The number of ether oxygens (including phenoxy) is 1. The number of nitrogens with zero attached hydrogens (tertiary/aromatic N) is 1. The highest BCUT2D eigenvalue weighted by atomic mass is 16.6. The molecule has 2 rings (SSSR count). The third-order valence-corrected chi connectivity index (χ3v) is 3.38. The molecule has 1 fully saturated rings. The summed E-state index contributed by atoms with van der Waals surface area (Å²) < 4.78 is 5.19. The number of cyclic esters (lactones) is 1. The molecule has 98 valence electrons. The van der Waals surface area contributed by atoms with Crippen molar-refractivity contribution in [2.75, 3.05) is 13.2 Å². The normalized spacial score (nSPS) is 20.9. The molecule has 1 aliphatic rings. The van der Waals surface area contributed by atoms with Crippen molar-refractivity contribution in [3.05, 3.63) is 35.9 Å². The van der Waals surface area contributed by atoms with Gasteiger partial charge in [0.25, 0.3) is 0 Å². The Kier molecular flexibility index (Phi) is 4.20. The fourth-order valence-electron chi connectivity index (χ4n) is 2.47. The number of hydrogen-bond donors (Lipinski definition) is 1. The molecule has 1 aromatic carbocycles. The van der Waals surface area contributed by atoms with E-state index >= 15 is 0 Å². The molecule has 2 N–H and O–H groups in total. The molecule has 0 bridgehead atoms. The van der Waals surface area contributed by atoms with Crippen molar-refractivity contribution in [1.82, 2.24) is 4.90 Å². The monoisotopic (exact) mass is 248 g/mol. The number of hydrogen-bond acceptors (Lipinski definition) is 3. The van der Waals surface area contributed by atoms with Crippen LogP contribution >= 0.6 is 0 Å². The lowest BCUT2D eigenvalue weighted by Gasteiger charge is -2.29. The highest BCUT2D eigenvalue weighted by molar-refractivity contribution is 5.71. The number of rotatable bonds is 5. The lowest BCUT2D eigenvalue weighted by atomic mass is 10.0. The lowest BCUT2D eigenvalue weighted by molar-refractivity contribution is 0.142. The van der Waals surface area contributed by atoms with E-state index in [0.717, 1.165) is 18.4 Å². The molecule has 0 saturated carbocycles. The van der Waals surface area contributed by atoms with Gasteiger partial charge in [-0.05, 0) is 12.0 Å². The second kappa shape index (κ2) is 5.87. The third kappa shape index (κ3) is 2.48. The van der Waals surface area contributed by atoms with Crippen LogP contribution in [0.4, 0.5) is 4.79 Å². The molecule has 0 spiro atoms. The summed E-state index contributed by atoms with van der Waals surface area (Å²) in [6.07, 6.45) is 1.68. The maximum Gasteiger partial charge on any atom is 0.410 e. The van der Waals surface area contributed by atoms with E-state index in [2.05, 4.69) is 6.92 Å². The van der Waals surface area contributed by atoms with Crippen LogP contribution in [0.15, 0.2) is 30.3 Å². The molecule has 4 heteroatoms. The van der Waals surface area contributed by atoms with Crippen LogP contribution in [0.3, 0.4) is 0 Å². The summed E-state index contributed by atoms with van der Waals surface area (Å²) in [6.45, 7) is 3.00.